The Morgan fingerprint density at radius 1 is 1.32 bits per heavy atom. The summed E-state index contributed by atoms with van der Waals surface area (Å²) < 4.78 is 13.4. The van der Waals surface area contributed by atoms with E-state index in [4.69, 9.17) is 0 Å². The number of carbonyl (C=O) groups is 1. The summed E-state index contributed by atoms with van der Waals surface area (Å²) in [6.07, 6.45) is 0.891. The van der Waals surface area contributed by atoms with Crippen LogP contribution in [0.2, 0.25) is 0 Å². The third kappa shape index (κ3) is 4.87. The van der Waals surface area contributed by atoms with Gasteiger partial charge < -0.3 is 15.3 Å². The number of thioether (sulfide) groups is 1. The number of phenolic OH excluding ortho intramolecular Hbond substituents is 1. The summed E-state index contributed by atoms with van der Waals surface area (Å²) in [7, 11) is 0. The van der Waals surface area contributed by atoms with Crippen LogP contribution in [-0.4, -0.2) is 35.5 Å². The summed E-state index contributed by atoms with van der Waals surface area (Å²) >= 11 is 1.42. The largest absolute Gasteiger partial charge is 0.507 e. The summed E-state index contributed by atoms with van der Waals surface area (Å²) in [6.45, 7) is 9.86. The minimum atomic E-state index is -0.259. The number of aromatic hydroxyl groups is 1. The van der Waals surface area contributed by atoms with Gasteiger partial charge in [0.2, 0.25) is 0 Å². The highest BCUT2D eigenvalue weighted by Gasteiger charge is 2.28. The molecule has 148 valence electrons. The van der Waals surface area contributed by atoms with E-state index in [-0.39, 0.29) is 17.5 Å². The minimum Gasteiger partial charge on any atom is -0.507 e. The van der Waals surface area contributed by atoms with Gasteiger partial charge in [0.15, 0.2) is 0 Å². The molecule has 1 saturated heterocycles. The number of phenols is 1. The summed E-state index contributed by atoms with van der Waals surface area (Å²) in [5.41, 5.74) is 2.31. The standard InChI is InChI=1S/C22H25FN2O2S/c1-14-4-7-20(26)19(10-14)22(27)25-9-8-17(13-25)12-24-16(3)28-21-11-18(23)6-5-15(21)2/h4-7,10-11,17,24,26H,3,8-9,12-13H2,1-2H3. The van der Waals surface area contributed by atoms with Crippen LogP contribution in [0.3, 0.4) is 0 Å². The first-order valence-electron chi connectivity index (χ1n) is 9.29. The third-order valence-electron chi connectivity index (χ3n) is 4.93. The van der Waals surface area contributed by atoms with Crippen LogP contribution >= 0.6 is 11.8 Å². The van der Waals surface area contributed by atoms with E-state index in [0.717, 1.165) is 27.5 Å². The van der Waals surface area contributed by atoms with Gasteiger partial charge in [0, 0.05) is 24.5 Å². The van der Waals surface area contributed by atoms with Crippen LogP contribution in [0.25, 0.3) is 0 Å². The molecule has 1 amide bonds. The predicted molar refractivity (Wildman–Crippen MR) is 111 cm³/mol. The van der Waals surface area contributed by atoms with Gasteiger partial charge in [0.05, 0.1) is 10.6 Å². The molecule has 1 aliphatic heterocycles. The number of likely N-dealkylation sites (tertiary alicyclic amines) is 1. The van der Waals surface area contributed by atoms with Crippen LogP contribution in [-0.2, 0) is 0 Å². The van der Waals surface area contributed by atoms with Crippen molar-refractivity contribution in [3.8, 4) is 5.75 Å². The number of hydrogen-bond donors (Lipinski definition) is 2. The summed E-state index contributed by atoms with van der Waals surface area (Å²) in [5, 5.41) is 14.0. The second kappa shape index (κ2) is 8.69. The molecule has 0 aliphatic carbocycles. The second-order valence-corrected chi connectivity index (χ2v) is 8.38. The van der Waals surface area contributed by atoms with Crippen LogP contribution in [0.5, 0.6) is 5.75 Å². The van der Waals surface area contributed by atoms with Gasteiger partial charge in [-0.2, -0.15) is 0 Å². The first-order chi connectivity index (χ1) is 13.3. The molecule has 3 rings (SSSR count). The molecule has 0 radical (unpaired) electrons. The van der Waals surface area contributed by atoms with E-state index in [1.165, 1.54) is 23.9 Å². The van der Waals surface area contributed by atoms with Gasteiger partial charge in [0.25, 0.3) is 5.91 Å². The van der Waals surface area contributed by atoms with Crippen molar-refractivity contribution in [3.05, 3.63) is 70.5 Å². The maximum absolute atomic E-state index is 13.4. The molecule has 1 atom stereocenters. The van der Waals surface area contributed by atoms with E-state index in [9.17, 15) is 14.3 Å². The van der Waals surface area contributed by atoms with Gasteiger partial charge in [-0.15, -0.1) is 0 Å². The molecule has 0 spiro atoms. The van der Waals surface area contributed by atoms with Gasteiger partial charge in [-0.3, -0.25) is 4.79 Å². The number of nitrogens with one attached hydrogen (secondary N) is 1. The zero-order valence-electron chi connectivity index (χ0n) is 16.2. The highest BCUT2D eigenvalue weighted by molar-refractivity contribution is 8.03. The minimum absolute atomic E-state index is 0.0208. The molecule has 2 N–H and O–H groups in total. The molecular weight excluding hydrogens is 375 g/mol. The number of benzene rings is 2. The SMILES string of the molecule is C=C(NCC1CCN(C(=O)c2cc(C)ccc2O)C1)Sc1cc(F)ccc1C. The van der Waals surface area contributed by atoms with Gasteiger partial charge in [0.1, 0.15) is 11.6 Å². The first-order valence-corrected chi connectivity index (χ1v) is 10.1. The molecule has 6 heteroatoms. The molecule has 1 aliphatic rings. The number of hydrogen-bond acceptors (Lipinski definition) is 4. The maximum atomic E-state index is 13.4. The van der Waals surface area contributed by atoms with Gasteiger partial charge in [-0.1, -0.05) is 36.0 Å². The summed E-state index contributed by atoms with van der Waals surface area (Å²) in [4.78, 5) is 15.3. The van der Waals surface area contributed by atoms with Crippen LogP contribution in [0.15, 0.2) is 52.9 Å². The smallest absolute Gasteiger partial charge is 0.257 e. The van der Waals surface area contributed by atoms with Crippen molar-refractivity contribution in [1.29, 1.82) is 0 Å². The Balaban J connectivity index is 1.52. The number of nitrogens with zero attached hydrogens (tertiary/aromatic N) is 1. The monoisotopic (exact) mass is 400 g/mol. The quantitative estimate of drug-likeness (QED) is 0.703. The molecule has 1 fully saturated rings. The van der Waals surface area contributed by atoms with Crippen molar-refractivity contribution in [2.24, 2.45) is 5.92 Å². The summed E-state index contributed by atoms with van der Waals surface area (Å²) in [5.74, 6) is -0.0631. The normalized spacial score (nSPS) is 16.2. The van der Waals surface area contributed by atoms with Crippen LogP contribution in [0.1, 0.15) is 27.9 Å². The Labute approximate surface area is 169 Å². The summed E-state index contributed by atoms with van der Waals surface area (Å²) in [6, 6.07) is 9.79. The Morgan fingerprint density at radius 3 is 2.89 bits per heavy atom. The van der Waals surface area contributed by atoms with Gasteiger partial charge >= 0.3 is 0 Å². The van der Waals surface area contributed by atoms with Crippen molar-refractivity contribution >= 4 is 17.7 Å². The predicted octanol–water partition coefficient (Wildman–Crippen LogP) is 4.46. The van der Waals surface area contributed by atoms with Gasteiger partial charge in [-0.25, -0.2) is 4.39 Å². The average Bonchev–Trinajstić information content (AvgIpc) is 3.13. The zero-order chi connectivity index (χ0) is 20.3. The number of carbonyl (C=O) groups excluding carboxylic acids is 1. The fourth-order valence-electron chi connectivity index (χ4n) is 3.29. The Morgan fingerprint density at radius 2 is 2.11 bits per heavy atom. The van der Waals surface area contributed by atoms with Crippen LogP contribution in [0.4, 0.5) is 4.39 Å². The third-order valence-corrected chi connectivity index (χ3v) is 5.98. The lowest BCUT2D eigenvalue weighted by Gasteiger charge is -2.18. The average molecular weight is 401 g/mol. The second-order valence-electron chi connectivity index (χ2n) is 7.24. The highest BCUT2D eigenvalue weighted by atomic mass is 32.2. The number of rotatable bonds is 6. The van der Waals surface area contributed by atoms with E-state index in [1.54, 1.807) is 29.2 Å². The van der Waals surface area contributed by atoms with Crippen molar-refractivity contribution in [1.82, 2.24) is 10.2 Å². The number of aryl methyl sites for hydroxylation is 2. The number of amides is 1. The van der Waals surface area contributed by atoms with E-state index in [0.29, 0.717) is 31.1 Å². The molecule has 4 nitrogen and oxygen atoms in total. The molecule has 0 bridgehead atoms. The van der Waals surface area contributed by atoms with Crippen LogP contribution in [0, 0.1) is 25.6 Å². The maximum Gasteiger partial charge on any atom is 0.257 e. The van der Waals surface area contributed by atoms with Crippen molar-refractivity contribution < 1.29 is 14.3 Å². The Hall–Kier alpha value is -2.47. The molecular formula is C22H25FN2O2S. The Bertz CT molecular complexity index is 900. The van der Waals surface area contributed by atoms with E-state index >= 15 is 0 Å². The molecule has 28 heavy (non-hydrogen) atoms. The van der Waals surface area contributed by atoms with Crippen molar-refractivity contribution in [2.75, 3.05) is 19.6 Å². The molecule has 1 unspecified atom stereocenters. The lowest BCUT2D eigenvalue weighted by Crippen LogP contribution is -2.30. The fourth-order valence-corrected chi connectivity index (χ4v) is 4.11. The highest BCUT2D eigenvalue weighted by Crippen LogP contribution is 2.28. The Kier molecular flexibility index (Phi) is 6.29. The molecule has 1 heterocycles. The van der Waals surface area contributed by atoms with Crippen molar-refractivity contribution in [2.45, 2.75) is 25.2 Å². The van der Waals surface area contributed by atoms with E-state index in [1.807, 2.05) is 13.8 Å². The van der Waals surface area contributed by atoms with Gasteiger partial charge in [-0.05, 0) is 56.0 Å². The molecule has 0 aromatic heterocycles. The topological polar surface area (TPSA) is 52.6 Å². The van der Waals surface area contributed by atoms with Crippen LogP contribution < -0.4 is 5.32 Å². The van der Waals surface area contributed by atoms with E-state index in [2.05, 4.69) is 11.9 Å². The number of halogens is 1. The van der Waals surface area contributed by atoms with E-state index < -0.39 is 0 Å². The fraction of sp³-hybridized carbons (Fsp3) is 0.318. The first kappa shape index (κ1) is 20.3. The lowest BCUT2D eigenvalue weighted by atomic mass is 10.1. The lowest BCUT2D eigenvalue weighted by molar-refractivity contribution is 0.0784. The molecule has 0 saturated carbocycles. The molecule has 2 aromatic carbocycles. The van der Waals surface area contributed by atoms with Crippen molar-refractivity contribution in [3.63, 3.8) is 0 Å². The molecule has 2 aromatic rings. The zero-order valence-corrected chi connectivity index (χ0v) is 17.0.